The van der Waals surface area contributed by atoms with Crippen molar-refractivity contribution in [2.75, 3.05) is 6.54 Å². The Morgan fingerprint density at radius 1 is 1.02 bits per heavy atom. The predicted octanol–water partition coefficient (Wildman–Crippen LogP) is 2.53. The molecule has 254 valence electrons. The van der Waals surface area contributed by atoms with E-state index >= 15 is 0 Å². The van der Waals surface area contributed by atoms with E-state index in [9.17, 15) is 24.6 Å². The lowest BCUT2D eigenvalue weighted by Crippen LogP contribution is -2.65. The standard InChI is InChI=1S/C35H54N6O5/c1-23(2)17-30(42)31(43)28(18-24-11-6-4-7-12-24)40-34(46)35(3,20-26-21-36-22-38-26)41-33(45)29(19-25-13-8-5-9-14-25)39-32(44)27-15-10-16-37-27/h5,8-9,13-14,21-24,27-31,37,42-43H,4,6-7,10-12,15-20H2,1-3H3,(H,36,38)(H,39,44)(H,40,46)(H,41,45)/t27-,28-,29-,30-,31+,35-/m0/s1. The molecule has 7 N–H and O–H groups in total. The van der Waals surface area contributed by atoms with Crippen LogP contribution in [0, 0.1) is 11.8 Å². The van der Waals surface area contributed by atoms with Crippen molar-refractivity contribution in [3.8, 4) is 0 Å². The Labute approximate surface area is 273 Å². The number of amides is 3. The smallest absolute Gasteiger partial charge is 0.246 e. The highest BCUT2D eigenvalue weighted by Crippen LogP contribution is 2.29. The van der Waals surface area contributed by atoms with Crippen molar-refractivity contribution < 1.29 is 24.6 Å². The molecule has 3 amide bonds. The van der Waals surface area contributed by atoms with Gasteiger partial charge in [-0.05, 0) is 56.6 Å². The summed E-state index contributed by atoms with van der Waals surface area (Å²) >= 11 is 0. The monoisotopic (exact) mass is 638 g/mol. The van der Waals surface area contributed by atoms with Crippen molar-refractivity contribution in [2.45, 2.75) is 127 Å². The minimum atomic E-state index is -1.48. The summed E-state index contributed by atoms with van der Waals surface area (Å²) < 4.78 is 0. The average molecular weight is 639 g/mol. The van der Waals surface area contributed by atoms with Gasteiger partial charge in [0.1, 0.15) is 17.7 Å². The van der Waals surface area contributed by atoms with E-state index in [2.05, 4.69) is 31.2 Å². The van der Waals surface area contributed by atoms with Gasteiger partial charge in [-0.2, -0.15) is 0 Å². The molecule has 46 heavy (non-hydrogen) atoms. The first-order chi connectivity index (χ1) is 22.0. The first-order valence-electron chi connectivity index (χ1n) is 17.1. The second kappa shape index (κ2) is 17.0. The van der Waals surface area contributed by atoms with Crippen LogP contribution < -0.4 is 21.3 Å². The molecular formula is C35H54N6O5. The molecule has 11 heteroatoms. The maximum Gasteiger partial charge on any atom is 0.246 e. The second-order valence-corrected chi connectivity index (χ2v) is 14.0. The van der Waals surface area contributed by atoms with Gasteiger partial charge < -0.3 is 36.5 Å². The Morgan fingerprint density at radius 2 is 1.76 bits per heavy atom. The molecular weight excluding hydrogens is 584 g/mol. The molecule has 1 aromatic carbocycles. The van der Waals surface area contributed by atoms with Crippen molar-refractivity contribution in [1.82, 2.24) is 31.2 Å². The van der Waals surface area contributed by atoms with Gasteiger partial charge in [-0.1, -0.05) is 76.3 Å². The average Bonchev–Trinajstić information content (AvgIpc) is 3.76. The summed E-state index contributed by atoms with van der Waals surface area (Å²) in [6.07, 6.45) is 9.26. The molecule has 0 bridgehead atoms. The van der Waals surface area contributed by atoms with Gasteiger partial charge in [0.05, 0.1) is 30.2 Å². The van der Waals surface area contributed by atoms with Gasteiger partial charge in [0.15, 0.2) is 0 Å². The highest BCUT2D eigenvalue weighted by Gasteiger charge is 2.41. The molecule has 0 spiro atoms. The van der Waals surface area contributed by atoms with E-state index in [4.69, 9.17) is 0 Å². The zero-order chi connectivity index (χ0) is 33.1. The third-order valence-electron chi connectivity index (χ3n) is 9.43. The minimum Gasteiger partial charge on any atom is -0.390 e. The normalized spacial score (nSPS) is 21.1. The van der Waals surface area contributed by atoms with Crippen LogP contribution in [-0.4, -0.2) is 80.3 Å². The number of H-pyrrole nitrogens is 1. The van der Waals surface area contributed by atoms with E-state index in [0.29, 0.717) is 30.9 Å². The van der Waals surface area contributed by atoms with E-state index in [1.54, 1.807) is 13.1 Å². The molecule has 2 heterocycles. The van der Waals surface area contributed by atoms with Gasteiger partial charge in [0.25, 0.3) is 0 Å². The van der Waals surface area contributed by atoms with Gasteiger partial charge in [0.2, 0.25) is 17.7 Å². The summed E-state index contributed by atoms with van der Waals surface area (Å²) in [7, 11) is 0. The Kier molecular flexibility index (Phi) is 13.2. The number of hydrogen-bond acceptors (Lipinski definition) is 7. The summed E-state index contributed by atoms with van der Waals surface area (Å²) in [6, 6.07) is 7.44. The van der Waals surface area contributed by atoms with Crippen LogP contribution in [0.25, 0.3) is 0 Å². The molecule has 1 saturated carbocycles. The SMILES string of the molecule is CC(C)C[C@H](O)[C@H](O)[C@H](CC1CCCCC1)NC(=O)[C@](C)(Cc1c[nH]cn1)NC(=O)[C@H](Cc1ccccc1)NC(=O)[C@@H]1CCCN1. The molecule has 2 fully saturated rings. The van der Waals surface area contributed by atoms with E-state index in [1.807, 2.05) is 44.2 Å². The van der Waals surface area contributed by atoms with Crippen molar-refractivity contribution in [3.63, 3.8) is 0 Å². The summed E-state index contributed by atoms with van der Waals surface area (Å²) in [6.45, 7) is 6.35. The van der Waals surface area contributed by atoms with Crippen LogP contribution in [0.1, 0.15) is 89.8 Å². The molecule has 2 aliphatic rings. The van der Waals surface area contributed by atoms with Crippen molar-refractivity contribution >= 4 is 17.7 Å². The lowest BCUT2D eigenvalue weighted by Gasteiger charge is -2.37. The van der Waals surface area contributed by atoms with E-state index in [-0.39, 0.29) is 30.7 Å². The largest absolute Gasteiger partial charge is 0.390 e. The Balaban J connectivity index is 1.58. The van der Waals surface area contributed by atoms with Crippen LogP contribution in [-0.2, 0) is 27.2 Å². The Hall–Kier alpha value is -3.28. The van der Waals surface area contributed by atoms with Crippen molar-refractivity contribution in [2.24, 2.45) is 11.8 Å². The summed E-state index contributed by atoms with van der Waals surface area (Å²) in [5, 5.41) is 34.4. The van der Waals surface area contributed by atoms with Gasteiger partial charge >= 0.3 is 0 Å². The predicted molar refractivity (Wildman–Crippen MR) is 177 cm³/mol. The fraction of sp³-hybridized carbons (Fsp3) is 0.657. The van der Waals surface area contributed by atoms with Crippen LogP contribution in [0.15, 0.2) is 42.9 Å². The minimum absolute atomic E-state index is 0.0745. The second-order valence-electron chi connectivity index (χ2n) is 14.0. The molecule has 0 unspecified atom stereocenters. The fourth-order valence-electron chi connectivity index (χ4n) is 6.81. The summed E-state index contributed by atoms with van der Waals surface area (Å²) in [5.41, 5.74) is -0.0398. The number of hydrogen-bond donors (Lipinski definition) is 7. The highest BCUT2D eigenvalue weighted by molar-refractivity contribution is 5.95. The van der Waals surface area contributed by atoms with Crippen LogP contribution in [0.2, 0.25) is 0 Å². The molecule has 0 radical (unpaired) electrons. The van der Waals surface area contributed by atoms with Crippen LogP contribution >= 0.6 is 0 Å². The number of aromatic amines is 1. The number of aliphatic hydroxyl groups is 2. The van der Waals surface area contributed by atoms with Gasteiger partial charge in [0, 0.05) is 19.0 Å². The van der Waals surface area contributed by atoms with E-state index in [0.717, 1.165) is 44.2 Å². The van der Waals surface area contributed by atoms with Gasteiger partial charge in [-0.15, -0.1) is 0 Å². The lowest BCUT2D eigenvalue weighted by molar-refractivity contribution is -0.136. The zero-order valence-electron chi connectivity index (χ0n) is 27.6. The molecule has 2 aromatic rings. The van der Waals surface area contributed by atoms with E-state index < -0.39 is 41.6 Å². The lowest BCUT2D eigenvalue weighted by atomic mass is 9.82. The maximum atomic E-state index is 14.3. The third kappa shape index (κ3) is 10.4. The van der Waals surface area contributed by atoms with Crippen molar-refractivity contribution in [3.05, 3.63) is 54.1 Å². The number of benzene rings is 1. The fourth-order valence-corrected chi connectivity index (χ4v) is 6.81. The number of aliphatic hydroxyl groups excluding tert-OH is 2. The molecule has 1 aliphatic carbocycles. The molecule has 1 saturated heterocycles. The molecule has 1 aromatic heterocycles. The summed E-state index contributed by atoms with van der Waals surface area (Å²) in [5.74, 6) is -0.741. The number of aromatic nitrogens is 2. The first kappa shape index (κ1) is 35.6. The zero-order valence-corrected chi connectivity index (χ0v) is 27.6. The number of carbonyl (C=O) groups is 3. The van der Waals surface area contributed by atoms with Crippen LogP contribution in [0.3, 0.4) is 0 Å². The topological polar surface area (TPSA) is 168 Å². The van der Waals surface area contributed by atoms with Crippen LogP contribution in [0.5, 0.6) is 0 Å². The quantitative estimate of drug-likeness (QED) is 0.148. The van der Waals surface area contributed by atoms with Gasteiger partial charge in [-0.25, -0.2) is 4.98 Å². The molecule has 6 atom stereocenters. The maximum absolute atomic E-state index is 14.3. The highest BCUT2D eigenvalue weighted by atomic mass is 16.3. The number of rotatable bonds is 16. The Morgan fingerprint density at radius 3 is 2.39 bits per heavy atom. The number of nitrogens with one attached hydrogen (secondary N) is 5. The molecule has 4 rings (SSSR count). The summed E-state index contributed by atoms with van der Waals surface area (Å²) in [4.78, 5) is 48.7. The van der Waals surface area contributed by atoms with Crippen molar-refractivity contribution in [1.29, 1.82) is 0 Å². The molecule has 1 aliphatic heterocycles. The van der Waals surface area contributed by atoms with Crippen LogP contribution in [0.4, 0.5) is 0 Å². The van der Waals surface area contributed by atoms with Gasteiger partial charge in [-0.3, -0.25) is 14.4 Å². The molecule has 11 nitrogen and oxygen atoms in total. The van der Waals surface area contributed by atoms with E-state index in [1.165, 1.54) is 12.7 Å². The third-order valence-corrected chi connectivity index (χ3v) is 9.43. The first-order valence-corrected chi connectivity index (χ1v) is 17.1. The number of carbonyl (C=O) groups excluding carboxylic acids is 3. The number of nitrogens with zero attached hydrogens (tertiary/aromatic N) is 1. The number of imidazole rings is 1. The Bertz CT molecular complexity index is 1230.